The third-order valence-electron chi connectivity index (χ3n) is 2.43. The van der Waals surface area contributed by atoms with Crippen LogP contribution in [-0.4, -0.2) is 23.1 Å². The number of hydrogen-bond acceptors (Lipinski definition) is 3. The van der Waals surface area contributed by atoms with Crippen molar-refractivity contribution in [2.24, 2.45) is 0 Å². The van der Waals surface area contributed by atoms with Crippen molar-refractivity contribution in [2.45, 2.75) is 19.3 Å². The number of nitrogens with zero attached hydrogens (tertiary/aromatic N) is 2. The molecule has 0 amide bonds. The molecule has 1 saturated heterocycles. The molecule has 0 bridgehead atoms. The average molecular weight is 258 g/mol. The molecule has 2 heterocycles. The van der Waals surface area contributed by atoms with Crippen molar-refractivity contribution in [2.75, 3.05) is 18.0 Å². The van der Waals surface area contributed by atoms with E-state index in [0.29, 0.717) is 4.47 Å². The van der Waals surface area contributed by atoms with Gasteiger partial charge in [0.15, 0.2) is 0 Å². The topological polar surface area (TPSA) is 49.0 Å². The molecule has 0 aliphatic carbocycles. The van der Waals surface area contributed by atoms with Gasteiger partial charge in [0.25, 0.3) is 5.56 Å². The number of hydrogen-bond donors (Lipinski definition) is 1. The molecule has 1 aromatic rings. The van der Waals surface area contributed by atoms with Gasteiger partial charge in [-0.1, -0.05) is 0 Å². The summed E-state index contributed by atoms with van der Waals surface area (Å²) in [5.74, 6) is 0.772. The van der Waals surface area contributed by atoms with Crippen LogP contribution >= 0.6 is 15.9 Å². The Bertz CT molecular complexity index is 371. The van der Waals surface area contributed by atoms with Gasteiger partial charge >= 0.3 is 0 Å². The molecule has 76 valence electrons. The van der Waals surface area contributed by atoms with Crippen LogP contribution < -0.4 is 10.5 Å². The molecular formula is C9H12BrN3O. The van der Waals surface area contributed by atoms with Crippen LogP contribution in [-0.2, 0) is 0 Å². The zero-order valence-corrected chi connectivity index (χ0v) is 9.38. The van der Waals surface area contributed by atoms with Crippen molar-refractivity contribution in [3.05, 3.63) is 21.2 Å². The maximum atomic E-state index is 11.3. The van der Waals surface area contributed by atoms with E-state index in [4.69, 9.17) is 0 Å². The molecule has 2 rings (SSSR count). The minimum Gasteiger partial charge on any atom is -0.355 e. The van der Waals surface area contributed by atoms with Crippen LogP contribution in [0, 0.1) is 0 Å². The van der Waals surface area contributed by atoms with Crippen LogP contribution in [0.1, 0.15) is 19.3 Å². The number of nitrogens with one attached hydrogen (secondary N) is 1. The highest BCUT2D eigenvalue weighted by Gasteiger charge is 2.15. The number of H-pyrrole nitrogens is 1. The number of halogens is 1. The number of rotatable bonds is 1. The van der Waals surface area contributed by atoms with Crippen molar-refractivity contribution < 1.29 is 0 Å². The highest BCUT2D eigenvalue weighted by Crippen LogP contribution is 2.22. The summed E-state index contributed by atoms with van der Waals surface area (Å²) in [5.41, 5.74) is -0.111. The Morgan fingerprint density at radius 1 is 1.36 bits per heavy atom. The lowest BCUT2D eigenvalue weighted by molar-refractivity contribution is 0.572. The molecular weight excluding hydrogens is 246 g/mol. The van der Waals surface area contributed by atoms with Gasteiger partial charge in [0, 0.05) is 13.1 Å². The zero-order chi connectivity index (χ0) is 9.97. The van der Waals surface area contributed by atoms with Gasteiger partial charge in [0.05, 0.1) is 6.33 Å². The van der Waals surface area contributed by atoms with Crippen LogP contribution in [0.5, 0.6) is 0 Å². The summed E-state index contributed by atoms with van der Waals surface area (Å²) in [6, 6.07) is 0. The monoisotopic (exact) mass is 257 g/mol. The summed E-state index contributed by atoms with van der Waals surface area (Å²) in [4.78, 5) is 20.2. The predicted octanol–water partition coefficient (Wildman–Crippen LogP) is 1.52. The summed E-state index contributed by atoms with van der Waals surface area (Å²) in [6.07, 6.45) is 5.09. The van der Waals surface area contributed by atoms with Gasteiger partial charge in [0.2, 0.25) is 0 Å². The Hall–Kier alpha value is -0.840. The van der Waals surface area contributed by atoms with Crippen molar-refractivity contribution in [1.29, 1.82) is 0 Å². The molecule has 0 spiro atoms. The number of piperidine rings is 1. The summed E-state index contributed by atoms with van der Waals surface area (Å²) >= 11 is 3.27. The molecule has 1 aromatic heterocycles. The molecule has 0 saturated carbocycles. The average Bonchev–Trinajstić information content (AvgIpc) is 2.23. The molecule has 1 aliphatic rings. The van der Waals surface area contributed by atoms with Gasteiger partial charge in [-0.25, -0.2) is 4.98 Å². The Morgan fingerprint density at radius 2 is 2.07 bits per heavy atom. The van der Waals surface area contributed by atoms with Gasteiger partial charge in [0.1, 0.15) is 10.3 Å². The second-order valence-corrected chi connectivity index (χ2v) is 4.21. The Balaban J connectivity index is 2.30. The summed E-state index contributed by atoms with van der Waals surface area (Å²) in [5, 5.41) is 0. The van der Waals surface area contributed by atoms with Crippen molar-refractivity contribution in [3.63, 3.8) is 0 Å². The third kappa shape index (κ3) is 1.82. The van der Waals surface area contributed by atoms with Gasteiger partial charge < -0.3 is 9.88 Å². The predicted molar refractivity (Wildman–Crippen MR) is 58.6 cm³/mol. The third-order valence-corrected chi connectivity index (χ3v) is 3.15. The first-order valence-corrected chi connectivity index (χ1v) is 5.56. The van der Waals surface area contributed by atoms with E-state index in [9.17, 15) is 4.79 Å². The molecule has 0 aromatic carbocycles. The van der Waals surface area contributed by atoms with Gasteiger partial charge in [-0.3, -0.25) is 4.79 Å². The van der Waals surface area contributed by atoms with Crippen LogP contribution in [0.3, 0.4) is 0 Å². The fourth-order valence-corrected chi connectivity index (χ4v) is 2.17. The summed E-state index contributed by atoms with van der Waals surface area (Å²) in [7, 11) is 0. The van der Waals surface area contributed by atoms with Crippen LogP contribution in [0.4, 0.5) is 5.82 Å². The van der Waals surface area contributed by atoms with Crippen molar-refractivity contribution in [3.8, 4) is 0 Å². The number of aromatic amines is 1. The van der Waals surface area contributed by atoms with E-state index < -0.39 is 0 Å². The maximum Gasteiger partial charge on any atom is 0.267 e. The largest absolute Gasteiger partial charge is 0.355 e. The second kappa shape index (κ2) is 4.13. The van der Waals surface area contributed by atoms with E-state index in [1.54, 1.807) is 0 Å². The van der Waals surface area contributed by atoms with E-state index in [-0.39, 0.29) is 5.56 Å². The number of anilines is 1. The van der Waals surface area contributed by atoms with Crippen LogP contribution in [0.25, 0.3) is 0 Å². The maximum absolute atomic E-state index is 11.3. The lowest BCUT2D eigenvalue weighted by Gasteiger charge is -2.27. The number of aromatic nitrogens is 2. The zero-order valence-electron chi connectivity index (χ0n) is 7.79. The molecule has 1 aliphatic heterocycles. The van der Waals surface area contributed by atoms with E-state index in [0.717, 1.165) is 18.9 Å². The van der Waals surface area contributed by atoms with Crippen LogP contribution in [0.15, 0.2) is 15.6 Å². The molecule has 1 fully saturated rings. The van der Waals surface area contributed by atoms with E-state index in [2.05, 4.69) is 30.8 Å². The molecule has 0 unspecified atom stereocenters. The minimum absolute atomic E-state index is 0.111. The van der Waals surface area contributed by atoms with E-state index in [1.807, 2.05) is 0 Å². The first-order valence-electron chi connectivity index (χ1n) is 4.77. The smallest absolute Gasteiger partial charge is 0.267 e. The SMILES string of the molecule is O=c1[nH]cnc(N2CCCCC2)c1Br. The normalized spacial score (nSPS) is 17.1. The van der Waals surface area contributed by atoms with E-state index >= 15 is 0 Å². The summed E-state index contributed by atoms with van der Waals surface area (Å²) in [6.45, 7) is 1.99. The molecule has 4 nitrogen and oxygen atoms in total. The fourth-order valence-electron chi connectivity index (χ4n) is 1.70. The minimum atomic E-state index is -0.111. The Morgan fingerprint density at radius 3 is 2.79 bits per heavy atom. The van der Waals surface area contributed by atoms with Gasteiger partial charge in [-0.05, 0) is 35.2 Å². The molecule has 1 N–H and O–H groups in total. The quantitative estimate of drug-likeness (QED) is 0.830. The first-order chi connectivity index (χ1) is 6.79. The standard InChI is InChI=1S/C9H12BrN3O/c10-7-8(11-6-12-9(7)14)13-4-2-1-3-5-13/h6H,1-5H2,(H,11,12,14). The molecule has 14 heavy (non-hydrogen) atoms. The van der Waals surface area contributed by atoms with Gasteiger partial charge in [-0.15, -0.1) is 0 Å². The highest BCUT2D eigenvalue weighted by atomic mass is 79.9. The molecule has 5 heteroatoms. The summed E-state index contributed by atoms with van der Waals surface area (Å²) < 4.78 is 0.543. The van der Waals surface area contributed by atoms with Crippen LogP contribution in [0.2, 0.25) is 0 Å². The fraction of sp³-hybridized carbons (Fsp3) is 0.556. The Labute approximate surface area is 90.5 Å². The lowest BCUT2D eigenvalue weighted by atomic mass is 10.1. The van der Waals surface area contributed by atoms with Crippen molar-refractivity contribution in [1.82, 2.24) is 9.97 Å². The molecule has 0 radical (unpaired) electrons. The molecule has 0 atom stereocenters. The highest BCUT2D eigenvalue weighted by molar-refractivity contribution is 9.10. The Kier molecular flexibility index (Phi) is 2.86. The van der Waals surface area contributed by atoms with E-state index in [1.165, 1.54) is 25.6 Å². The lowest BCUT2D eigenvalue weighted by Crippen LogP contribution is -2.31. The first kappa shape index (κ1) is 9.71. The van der Waals surface area contributed by atoms with Crippen molar-refractivity contribution >= 4 is 21.7 Å². The van der Waals surface area contributed by atoms with Gasteiger partial charge in [-0.2, -0.15) is 0 Å². The second-order valence-electron chi connectivity index (χ2n) is 3.42.